The minimum atomic E-state index is -3.58. The molecule has 0 amide bonds. The number of rotatable bonds is 9. The van der Waals surface area contributed by atoms with Crippen LogP contribution in [0.2, 0.25) is 0 Å². The molecule has 6 nitrogen and oxygen atoms in total. The molecule has 0 saturated heterocycles. The van der Waals surface area contributed by atoms with Gasteiger partial charge in [-0.3, -0.25) is 0 Å². The first-order valence-corrected chi connectivity index (χ1v) is 8.24. The summed E-state index contributed by atoms with van der Waals surface area (Å²) in [6.07, 6.45) is 0.661. The summed E-state index contributed by atoms with van der Waals surface area (Å²) in [6, 6.07) is 1.33. The van der Waals surface area contributed by atoms with Gasteiger partial charge in [0, 0.05) is 19.2 Å². The van der Waals surface area contributed by atoms with E-state index in [1.54, 1.807) is 20.1 Å². The average molecular weight is 304 g/mol. The average Bonchev–Trinajstić information content (AvgIpc) is 2.77. The van der Waals surface area contributed by atoms with Gasteiger partial charge in [0.1, 0.15) is 16.4 Å². The summed E-state index contributed by atoms with van der Waals surface area (Å²) in [5.74, 6) is 1.02. The van der Waals surface area contributed by atoms with Crippen molar-refractivity contribution in [3.63, 3.8) is 0 Å². The molecule has 0 aliphatic carbocycles. The molecule has 7 heteroatoms. The zero-order valence-electron chi connectivity index (χ0n) is 12.5. The molecule has 0 spiro atoms. The molecule has 1 unspecified atom stereocenters. The Bertz CT molecular complexity index is 510. The van der Waals surface area contributed by atoms with Crippen LogP contribution in [0.25, 0.3) is 0 Å². The fraction of sp³-hybridized carbons (Fsp3) is 0.692. The van der Waals surface area contributed by atoms with Crippen molar-refractivity contribution in [1.29, 1.82) is 0 Å². The van der Waals surface area contributed by atoms with E-state index in [-0.39, 0.29) is 10.9 Å². The Balaban J connectivity index is 2.88. The Hall–Kier alpha value is -0.890. The summed E-state index contributed by atoms with van der Waals surface area (Å²) in [5, 5.41) is 3.10. The van der Waals surface area contributed by atoms with E-state index in [0.29, 0.717) is 31.1 Å². The third kappa shape index (κ3) is 4.59. The maximum absolute atomic E-state index is 12.3. The lowest BCUT2D eigenvalue weighted by Gasteiger charge is -2.15. The van der Waals surface area contributed by atoms with Gasteiger partial charge in [-0.15, -0.1) is 0 Å². The smallest absolute Gasteiger partial charge is 0.244 e. The zero-order chi connectivity index (χ0) is 15.2. The van der Waals surface area contributed by atoms with Gasteiger partial charge in [0.25, 0.3) is 0 Å². The number of ether oxygens (including phenoxy) is 1. The van der Waals surface area contributed by atoms with Crippen molar-refractivity contribution in [2.75, 3.05) is 20.3 Å². The standard InChI is InChI=1S/C13H24N2O4S/c1-5-11(9-18-4)15-20(16,17)13-7-12(8-14-6-2)19-10(13)3/h7,11,14-15H,5-6,8-9H2,1-4H3. The van der Waals surface area contributed by atoms with Crippen LogP contribution in [0.5, 0.6) is 0 Å². The number of hydrogen-bond donors (Lipinski definition) is 2. The van der Waals surface area contributed by atoms with E-state index < -0.39 is 10.0 Å². The second kappa shape index (κ2) is 7.78. The van der Waals surface area contributed by atoms with Gasteiger partial charge in [0.2, 0.25) is 10.0 Å². The maximum Gasteiger partial charge on any atom is 0.244 e. The molecule has 0 radical (unpaired) electrons. The van der Waals surface area contributed by atoms with Crippen molar-refractivity contribution >= 4 is 10.0 Å². The Kier molecular flexibility index (Phi) is 6.67. The Morgan fingerprint density at radius 2 is 2.10 bits per heavy atom. The van der Waals surface area contributed by atoms with Gasteiger partial charge in [-0.05, 0) is 19.9 Å². The highest BCUT2D eigenvalue weighted by molar-refractivity contribution is 7.89. The number of hydrogen-bond acceptors (Lipinski definition) is 5. The van der Waals surface area contributed by atoms with E-state index in [0.717, 1.165) is 6.54 Å². The second-order valence-corrected chi connectivity index (χ2v) is 6.28. The van der Waals surface area contributed by atoms with E-state index >= 15 is 0 Å². The number of furan rings is 1. The molecule has 0 fully saturated rings. The summed E-state index contributed by atoms with van der Waals surface area (Å²) < 4.78 is 37.8. The number of sulfonamides is 1. The Morgan fingerprint density at radius 3 is 2.65 bits per heavy atom. The van der Waals surface area contributed by atoms with Crippen molar-refractivity contribution in [2.45, 2.75) is 44.7 Å². The monoisotopic (exact) mass is 304 g/mol. The van der Waals surface area contributed by atoms with Crippen molar-refractivity contribution < 1.29 is 17.6 Å². The normalized spacial score (nSPS) is 13.6. The first kappa shape index (κ1) is 17.2. The maximum atomic E-state index is 12.3. The van der Waals surface area contributed by atoms with Gasteiger partial charge in [-0.1, -0.05) is 13.8 Å². The van der Waals surface area contributed by atoms with E-state index in [2.05, 4.69) is 10.0 Å². The Labute approximate surface area is 120 Å². The number of aryl methyl sites for hydroxylation is 1. The van der Waals surface area contributed by atoms with Gasteiger partial charge >= 0.3 is 0 Å². The van der Waals surface area contributed by atoms with Crippen LogP contribution in [0.4, 0.5) is 0 Å². The molecule has 2 N–H and O–H groups in total. The minimum absolute atomic E-state index is 0.194. The summed E-state index contributed by atoms with van der Waals surface area (Å²) in [4.78, 5) is 0.194. The van der Waals surface area contributed by atoms with Crippen LogP contribution in [0.3, 0.4) is 0 Å². The molecule has 0 aliphatic rings. The van der Waals surface area contributed by atoms with E-state index in [1.807, 2.05) is 13.8 Å². The number of methoxy groups -OCH3 is 1. The molecule has 0 aromatic carbocycles. The summed E-state index contributed by atoms with van der Waals surface area (Å²) in [7, 11) is -2.03. The summed E-state index contributed by atoms with van der Waals surface area (Å²) >= 11 is 0. The van der Waals surface area contributed by atoms with Crippen molar-refractivity contribution in [3.8, 4) is 0 Å². The highest BCUT2D eigenvalue weighted by atomic mass is 32.2. The lowest BCUT2D eigenvalue weighted by atomic mass is 10.3. The third-order valence-corrected chi connectivity index (χ3v) is 4.57. The van der Waals surface area contributed by atoms with Crippen molar-refractivity contribution in [2.24, 2.45) is 0 Å². The molecule has 1 rings (SSSR count). The summed E-state index contributed by atoms with van der Waals surface area (Å²) in [5.41, 5.74) is 0. The zero-order valence-corrected chi connectivity index (χ0v) is 13.3. The van der Waals surface area contributed by atoms with Crippen LogP contribution in [0, 0.1) is 6.92 Å². The third-order valence-electron chi connectivity index (χ3n) is 2.94. The fourth-order valence-electron chi connectivity index (χ4n) is 1.85. The first-order valence-electron chi connectivity index (χ1n) is 6.75. The highest BCUT2D eigenvalue weighted by Gasteiger charge is 2.24. The Morgan fingerprint density at radius 1 is 1.40 bits per heavy atom. The van der Waals surface area contributed by atoms with Crippen LogP contribution in [-0.4, -0.2) is 34.7 Å². The topological polar surface area (TPSA) is 80.6 Å². The lowest BCUT2D eigenvalue weighted by Crippen LogP contribution is -2.37. The molecule has 1 aromatic rings. The van der Waals surface area contributed by atoms with E-state index in [1.165, 1.54) is 0 Å². The minimum Gasteiger partial charge on any atom is -0.464 e. The largest absolute Gasteiger partial charge is 0.464 e. The van der Waals surface area contributed by atoms with Gasteiger partial charge in [-0.2, -0.15) is 0 Å². The van der Waals surface area contributed by atoms with Gasteiger partial charge in [-0.25, -0.2) is 13.1 Å². The van der Waals surface area contributed by atoms with Gasteiger partial charge in [0.15, 0.2) is 0 Å². The SMILES string of the molecule is CCNCc1cc(S(=O)(=O)NC(CC)COC)c(C)o1. The molecule has 0 saturated carbocycles. The second-order valence-electron chi connectivity index (χ2n) is 4.60. The summed E-state index contributed by atoms with van der Waals surface area (Å²) in [6.45, 7) is 7.20. The molecule has 0 bridgehead atoms. The van der Waals surface area contributed by atoms with Crippen LogP contribution in [-0.2, 0) is 21.3 Å². The van der Waals surface area contributed by atoms with E-state index in [4.69, 9.17) is 9.15 Å². The van der Waals surface area contributed by atoms with Crippen LogP contribution >= 0.6 is 0 Å². The lowest BCUT2D eigenvalue weighted by molar-refractivity contribution is 0.173. The van der Waals surface area contributed by atoms with Crippen LogP contribution in [0.1, 0.15) is 31.8 Å². The predicted octanol–water partition coefficient (Wildman–Crippen LogP) is 1.40. The van der Waals surface area contributed by atoms with Crippen LogP contribution in [0.15, 0.2) is 15.4 Å². The van der Waals surface area contributed by atoms with Crippen molar-refractivity contribution in [1.82, 2.24) is 10.0 Å². The highest BCUT2D eigenvalue weighted by Crippen LogP contribution is 2.20. The van der Waals surface area contributed by atoms with Crippen LogP contribution < -0.4 is 10.0 Å². The van der Waals surface area contributed by atoms with Gasteiger partial charge in [0.05, 0.1) is 13.2 Å². The molecule has 1 heterocycles. The quantitative estimate of drug-likeness (QED) is 0.721. The molecule has 116 valence electrons. The van der Waals surface area contributed by atoms with Crippen molar-refractivity contribution in [3.05, 3.63) is 17.6 Å². The molecule has 1 aromatic heterocycles. The van der Waals surface area contributed by atoms with E-state index in [9.17, 15) is 8.42 Å². The molecular weight excluding hydrogens is 280 g/mol. The molecule has 20 heavy (non-hydrogen) atoms. The molecule has 1 atom stereocenters. The molecule has 0 aliphatic heterocycles. The first-order chi connectivity index (χ1) is 9.44. The van der Waals surface area contributed by atoms with Gasteiger partial charge < -0.3 is 14.5 Å². The predicted molar refractivity (Wildman–Crippen MR) is 77.1 cm³/mol. The molecular formula is C13H24N2O4S. The fourth-order valence-corrected chi connectivity index (χ4v) is 3.35. The number of nitrogens with one attached hydrogen (secondary N) is 2.